The van der Waals surface area contributed by atoms with E-state index >= 15 is 0 Å². The Hall–Kier alpha value is -2.73. The molecule has 0 unspecified atom stereocenters. The maximum Gasteiger partial charge on any atom is 0.266 e. The van der Waals surface area contributed by atoms with Gasteiger partial charge in [0.25, 0.3) is 5.91 Å². The number of amides is 1. The summed E-state index contributed by atoms with van der Waals surface area (Å²) in [7, 11) is 0. The van der Waals surface area contributed by atoms with Crippen molar-refractivity contribution in [3.05, 3.63) is 65.1 Å². The van der Waals surface area contributed by atoms with Crippen molar-refractivity contribution in [1.29, 1.82) is 0 Å². The number of carbonyl (C=O) groups excluding carboxylic acids is 1. The normalized spacial score (nSPS) is 14.7. The molecular weight excluding hydrogens is 334 g/mol. The van der Waals surface area contributed by atoms with Crippen LogP contribution in [0.15, 0.2) is 60.2 Å². The molecule has 0 bridgehead atoms. The molecule has 25 heavy (non-hydrogen) atoms. The minimum Gasteiger partial charge on any atom is -0.506 e. The molecule has 0 spiro atoms. The van der Waals surface area contributed by atoms with Crippen molar-refractivity contribution in [2.24, 2.45) is 0 Å². The molecule has 1 N–H and O–H groups in total. The number of aromatic nitrogens is 1. The van der Waals surface area contributed by atoms with E-state index in [1.54, 1.807) is 6.07 Å². The number of para-hydroxylation sites is 2. The Balaban J connectivity index is 1.48. The van der Waals surface area contributed by atoms with Crippen LogP contribution in [0, 0.1) is 0 Å². The molecule has 0 saturated carbocycles. The summed E-state index contributed by atoms with van der Waals surface area (Å²) in [5.41, 5.74) is 1.77. The summed E-state index contributed by atoms with van der Waals surface area (Å²) < 4.78 is 1.97. The molecule has 1 aliphatic heterocycles. The van der Waals surface area contributed by atoms with Crippen molar-refractivity contribution in [2.75, 3.05) is 31.1 Å². The van der Waals surface area contributed by atoms with Gasteiger partial charge in [0.05, 0.1) is 11.4 Å². The van der Waals surface area contributed by atoms with Crippen LogP contribution in [-0.4, -0.2) is 46.7 Å². The average molecular weight is 353 g/mol. The minimum absolute atomic E-state index is 0.0793. The molecule has 3 aromatic rings. The number of benzene rings is 1. The second-order valence-corrected chi connectivity index (χ2v) is 6.91. The zero-order valence-electron chi connectivity index (χ0n) is 13.7. The van der Waals surface area contributed by atoms with Crippen molar-refractivity contribution < 1.29 is 9.90 Å². The Morgan fingerprint density at radius 1 is 0.920 bits per heavy atom. The fourth-order valence-corrected chi connectivity index (χ4v) is 4.04. The van der Waals surface area contributed by atoms with Crippen LogP contribution in [0.5, 0.6) is 5.75 Å². The van der Waals surface area contributed by atoms with Crippen molar-refractivity contribution in [3.8, 4) is 11.4 Å². The first-order valence-electron chi connectivity index (χ1n) is 8.27. The molecule has 1 fully saturated rings. The maximum atomic E-state index is 12.9. The van der Waals surface area contributed by atoms with Crippen molar-refractivity contribution >= 4 is 22.9 Å². The van der Waals surface area contributed by atoms with Crippen LogP contribution in [0.3, 0.4) is 0 Å². The van der Waals surface area contributed by atoms with Crippen LogP contribution in [0.4, 0.5) is 5.69 Å². The number of phenolic OH excluding ortho intramolecular Hbond substituents is 1. The lowest BCUT2D eigenvalue weighted by Gasteiger charge is -2.36. The Kier molecular flexibility index (Phi) is 4.19. The summed E-state index contributed by atoms with van der Waals surface area (Å²) >= 11 is 1.48. The van der Waals surface area contributed by atoms with Gasteiger partial charge >= 0.3 is 0 Å². The van der Waals surface area contributed by atoms with E-state index in [2.05, 4.69) is 4.90 Å². The van der Waals surface area contributed by atoms with Gasteiger partial charge in [0, 0.05) is 38.6 Å². The summed E-state index contributed by atoms with van der Waals surface area (Å²) in [6, 6.07) is 13.2. The monoisotopic (exact) mass is 353 g/mol. The molecule has 4 rings (SSSR count). The number of piperazine rings is 1. The molecule has 3 heterocycles. The van der Waals surface area contributed by atoms with Crippen molar-refractivity contribution in [2.45, 2.75) is 0 Å². The second-order valence-electron chi connectivity index (χ2n) is 5.99. The van der Waals surface area contributed by atoms with E-state index in [9.17, 15) is 9.90 Å². The van der Waals surface area contributed by atoms with Gasteiger partial charge in [-0.1, -0.05) is 12.1 Å². The topological polar surface area (TPSA) is 48.7 Å². The van der Waals surface area contributed by atoms with Gasteiger partial charge in [0.15, 0.2) is 0 Å². The van der Waals surface area contributed by atoms with Gasteiger partial charge in [0.1, 0.15) is 10.6 Å². The minimum atomic E-state index is 0.0793. The number of nitrogens with zero attached hydrogens (tertiary/aromatic N) is 3. The molecule has 2 aromatic heterocycles. The third kappa shape index (κ3) is 3.00. The molecule has 1 amide bonds. The molecule has 1 aliphatic rings. The van der Waals surface area contributed by atoms with E-state index in [-0.39, 0.29) is 11.7 Å². The molecule has 0 aliphatic carbocycles. The predicted molar refractivity (Wildman–Crippen MR) is 99.9 cm³/mol. The summed E-state index contributed by atoms with van der Waals surface area (Å²) in [6.07, 6.45) is 3.91. The standard InChI is InChI=1S/C19H19N3O2S/c23-17-6-2-1-5-15(17)21-10-12-22(13-11-21)19(24)18-16(7-14-25-18)20-8-3-4-9-20/h1-9,14,23H,10-13H2. The Labute approximate surface area is 150 Å². The highest BCUT2D eigenvalue weighted by Crippen LogP contribution is 2.28. The number of aromatic hydroxyl groups is 1. The van der Waals surface area contributed by atoms with Crippen LogP contribution in [0.25, 0.3) is 5.69 Å². The lowest BCUT2D eigenvalue weighted by Crippen LogP contribution is -2.48. The molecule has 0 radical (unpaired) electrons. The van der Waals surface area contributed by atoms with Crippen LogP contribution < -0.4 is 4.90 Å². The molecular formula is C19H19N3O2S. The number of hydrogen-bond donors (Lipinski definition) is 1. The van der Waals surface area contributed by atoms with Gasteiger partial charge in [-0.2, -0.15) is 0 Å². The van der Waals surface area contributed by atoms with E-state index in [0.29, 0.717) is 26.2 Å². The largest absolute Gasteiger partial charge is 0.506 e. The van der Waals surface area contributed by atoms with Crippen LogP contribution in [-0.2, 0) is 0 Å². The number of phenols is 1. The lowest BCUT2D eigenvalue weighted by molar-refractivity contribution is 0.0751. The fourth-order valence-electron chi connectivity index (χ4n) is 3.19. The zero-order valence-corrected chi connectivity index (χ0v) is 14.5. The Morgan fingerprint density at radius 2 is 1.64 bits per heavy atom. The number of rotatable bonds is 3. The SMILES string of the molecule is O=C(c1sccc1-n1cccc1)N1CCN(c2ccccc2O)CC1. The molecule has 1 saturated heterocycles. The van der Waals surface area contributed by atoms with Gasteiger partial charge in [-0.3, -0.25) is 4.79 Å². The molecule has 128 valence electrons. The third-order valence-corrected chi connectivity index (χ3v) is 5.40. The van der Waals surface area contributed by atoms with E-state index in [1.807, 2.05) is 63.6 Å². The average Bonchev–Trinajstić information content (AvgIpc) is 3.33. The van der Waals surface area contributed by atoms with Crippen molar-refractivity contribution in [1.82, 2.24) is 9.47 Å². The Bertz CT molecular complexity index is 864. The highest BCUT2D eigenvalue weighted by molar-refractivity contribution is 7.12. The van der Waals surface area contributed by atoms with Gasteiger partial charge in [-0.05, 0) is 35.7 Å². The van der Waals surface area contributed by atoms with E-state index < -0.39 is 0 Å². The van der Waals surface area contributed by atoms with Crippen molar-refractivity contribution in [3.63, 3.8) is 0 Å². The number of carbonyl (C=O) groups is 1. The fraction of sp³-hybridized carbons (Fsp3) is 0.211. The molecule has 6 heteroatoms. The quantitative estimate of drug-likeness (QED) is 0.787. The first-order chi connectivity index (χ1) is 12.2. The number of hydrogen-bond acceptors (Lipinski definition) is 4. The first kappa shape index (κ1) is 15.8. The zero-order chi connectivity index (χ0) is 17.2. The number of thiophene rings is 1. The van der Waals surface area contributed by atoms with Crippen LogP contribution in [0.2, 0.25) is 0 Å². The van der Waals surface area contributed by atoms with E-state index in [4.69, 9.17) is 0 Å². The highest BCUT2D eigenvalue weighted by atomic mass is 32.1. The first-order valence-corrected chi connectivity index (χ1v) is 9.15. The van der Waals surface area contributed by atoms with E-state index in [0.717, 1.165) is 16.3 Å². The summed E-state index contributed by atoms with van der Waals surface area (Å²) in [4.78, 5) is 17.7. The maximum absolute atomic E-state index is 12.9. The highest BCUT2D eigenvalue weighted by Gasteiger charge is 2.26. The Morgan fingerprint density at radius 3 is 2.36 bits per heavy atom. The molecule has 0 atom stereocenters. The second kappa shape index (κ2) is 6.64. The van der Waals surface area contributed by atoms with Crippen LogP contribution in [0.1, 0.15) is 9.67 Å². The summed E-state index contributed by atoms with van der Waals surface area (Å²) in [6.45, 7) is 2.73. The third-order valence-electron chi connectivity index (χ3n) is 4.51. The van der Waals surface area contributed by atoms with E-state index in [1.165, 1.54) is 11.3 Å². The summed E-state index contributed by atoms with van der Waals surface area (Å²) in [5, 5.41) is 12.0. The van der Waals surface area contributed by atoms with Gasteiger partial charge in [0.2, 0.25) is 0 Å². The van der Waals surface area contributed by atoms with Gasteiger partial charge in [-0.25, -0.2) is 0 Å². The molecule has 5 nitrogen and oxygen atoms in total. The van der Waals surface area contributed by atoms with Gasteiger partial charge in [-0.15, -0.1) is 11.3 Å². The number of anilines is 1. The van der Waals surface area contributed by atoms with Crippen LogP contribution >= 0.6 is 11.3 Å². The molecule has 1 aromatic carbocycles. The lowest BCUT2D eigenvalue weighted by atomic mass is 10.2. The summed E-state index contributed by atoms with van der Waals surface area (Å²) in [5.74, 6) is 0.367. The predicted octanol–water partition coefficient (Wildman–Crippen LogP) is 3.21. The van der Waals surface area contributed by atoms with Gasteiger partial charge < -0.3 is 19.5 Å². The smallest absolute Gasteiger partial charge is 0.266 e.